The van der Waals surface area contributed by atoms with Crippen LogP contribution in [0.25, 0.3) is 0 Å². The molecule has 20 heavy (non-hydrogen) atoms. The molecule has 1 aromatic carbocycles. The Morgan fingerprint density at radius 2 is 2.20 bits per heavy atom. The van der Waals surface area contributed by atoms with E-state index >= 15 is 0 Å². The van der Waals surface area contributed by atoms with Gasteiger partial charge in [-0.25, -0.2) is 0 Å². The molecule has 0 aliphatic carbocycles. The number of halogens is 1. The van der Waals surface area contributed by atoms with Crippen molar-refractivity contribution in [2.24, 2.45) is 0 Å². The Bertz CT molecular complexity index is 524. The van der Waals surface area contributed by atoms with Crippen molar-refractivity contribution in [1.29, 1.82) is 0 Å². The van der Waals surface area contributed by atoms with Crippen molar-refractivity contribution >= 4 is 35.2 Å². The molecule has 6 heteroatoms. The summed E-state index contributed by atoms with van der Waals surface area (Å²) < 4.78 is 0. The lowest BCUT2D eigenvalue weighted by Crippen LogP contribution is -2.40. The van der Waals surface area contributed by atoms with Crippen molar-refractivity contribution in [3.05, 3.63) is 29.3 Å². The number of likely N-dealkylation sites (tertiary alicyclic amines) is 1. The predicted octanol–water partition coefficient (Wildman–Crippen LogP) is 2.17. The van der Waals surface area contributed by atoms with E-state index in [1.807, 2.05) is 25.1 Å². The summed E-state index contributed by atoms with van der Waals surface area (Å²) in [4.78, 5) is 26.1. The van der Waals surface area contributed by atoms with Crippen LogP contribution < -0.4 is 5.32 Å². The molecular weight excluding hydrogens is 296 g/mol. The minimum atomic E-state index is -0.254. The largest absolute Gasteiger partial charge is 0.350 e. The number of nitrogens with zero attached hydrogens (tertiary/aromatic N) is 1. The maximum absolute atomic E-state index is 12.1. The van der Waals surface area contributed by atoms with E-state index in [1.54, 1.807) is 18.0 Å². The van der Waals surface area contributed by atoms with Gasteiger partial charge in [-0.3, -0.25) is 9.59 Å². The van der Waals surface area contributed by atoms with Gasteiger partial charge in [-0.05, 0) is 19.1 Å². The zero-order valence-corrected chi connectivity index (χ0v) is 13.0. The van der Waals surface area contributed by atoms with Gasteiger partial charge in [0.2, 0.25) is 11.8 Å². The third kappa shape index (κ3) is 3.67. The number of amides is 2. The quantitative estimate of drug-likeness (QED) is 0.867. The minimum Gasteiger partial charge on any atom is -0.350 e. The number of benzene rings is 1. The van der Waals surface area contributed by atoms with Crippen LogP contribution in [0.3, 0.4) is 0 Å². The van der Waals surface area contributed by atoms with Gasteiger partial charge in [0.1, 0.15) is 0 Å². The molecule has 1 fully saturated rings. The van der Waals surface area contributed by atoms with Crippen molar-refractivity contribution in [2.45, 2.75) is 29.5 Å². The van der Waals surface area contributed by atoms with E-state index in [4.69, 9.17) is 11.6 Å². The molecule has 4 nitrogen and oxygen atoms in total. The van der Waals surface area contributed by atoms with Crippen molar-refractivity contribution in [3.8, 4) is 0 Å². The van der Waals surface area contributed by atoms with Gasteiger partial charge in [-0.2, -0.15) is 0 Å². The molecule has 2 atom stereocenters. The van der Waals surface area contributed by atoms with E-state index in [9.17, 15) is 9.59 Å². The molecule has 0 spiro atoms. The van der Waals surface area contributed by atoms with E-state index in [-0.39, 0.29) is 23.1 Å². The number of hydrogen-bond donors (Lipinski definition) is 1. The summed E-state index contributed by atoms with van der Waals surface area (Å²) in [5.74, 6) is 0.00438. The summed E-state index contributed by atoms with van der Waals surface area (Å²) in [7, 11) is 1.75. The Morgan fingerprint density at radius 1 is 1.50 bits per heavy atom. The van der Waals surface area contributed by atoms with Crippen LogP contribution in [0.4, 0.5) is 0 Å². The highest BCUT2D eigenvalue weighted by Crippen LogP contribution is 2.30. The first-order valence-corrected chi connectivity index (χ1v) is 7.68. The third-order valence-electron chi connectivity index (χ3n) is 3.20. The summed E-state index contributed by atoms with van der Waals surface area (Å²) in [5, 5.41) is 3.31. The Hall–Kier alpha value is -1.20. The molecule has 2 rings (SSSR count). The number of hydrogen-bond acceptors (Lipinski definition) is 3. The standard InChI is InChI=1S/C14H17ClN2O2S/c1-9(20-12-6-4-3-5-11(12)15)14(19)16-10-7-13(18)17(2)8-10/h3-6,9-10H,7-8H2,1-2H3,(H,16,19)/t9-,10-/m1/s1. The second kappa shape index (κ2) is 6.50. The van der Waals surface area contributed by atoms with E-state index in [0.29, 0.717) is 18.0 Å². The number of rotatable bonds is 4. The molecule has 1 aliphatic heterocycles. The van der Waals surface area contributed by atoms with Crippen molar-refractivity contribution in [1.82, 2.24) is 10.2 Å². The van der Waals surface area contributed by atoms with Crippen LogP contribution >= 0.6 is 23.4 Å². The zero-order valence-electron chi connectivity index (χ0n) is 11.4. The second-order valence-corrected chi connectivity index (χ2v) is 6.66. The average molecular weight is 313 g/mol. The van der Waals surface area contributed by atoms with Crippen LogP contribution in [0.5, 0.6) is 0 Å². The molecule has 108 valence electrons. The van der Waals surface area contributed by atoms with Gasteiger partial charge in [-0.1, -0.05) is 23.7 Å². The van der Waals surface area contributed by atoms with Crippen LogP contribution in [0.2, 0.25) is 5.02 Å². The van der Waals surface area contributed by atoms with E-state index in [2.05, 4.69) is 5.32 Å². The Balaban J connectivity index is 1.90. The van der Waals surface area contributed by atoms with E-state index in [0.717, 1.165) is 4.90 Å². The van der Waals surface area contributed by atoms with Gasteiger partial charge < -0.3 is 10.2 Å². The first-order chi connectivity index (χ1) is 9.47. The van der Waals surface area contributed by atoms with Crippen molar-refractivity contribution < 1.29 is 9.59 Å². The van der Waals surface area contributed by atoms with Gasteiger partial charge in [0.25, 0.3) is 0 Å². The fourth-order valence-electron chi connectivity index (χ4n) is 2.06. The van der Waals surface area contributed by atoms with Gasteiger partial charge in [0.15, 0.2) is 0 Å². The smallest absolute Gasteiger partial charge is 0.233 e. The molecule has 1 heterocycles. The number of thioether (sulfide) groups is 1. The highest BCUT2D eigenvalue weighted by atomic mass is 35.5. The maximum atomic E-state index is 12.1. The molecule has 0 aromatic heterocycles. The van der Waals surface area contributed by atoms with Gasteiger partial charge >= 0.3 is 0 Å². The molecule has 0 radical (unpaired) electrons. The summed E-state index contributed by atoms with van der Waals surface area (Å²) in [5.41, 5.74) is 0. The molecule has 0 bridgehead atoms. The summed E-state index contributed by atoms with van der Waals surface area (Å²) in [6.07, 6.45) is 0.381. The van der Waals surface area contributed by atoms with Gasteiger partial charge in [0, 0.05) is 24.9 Å². The second-order valence-electron chi connectivity index (χ2n) is 4.87. The normalized spacial score (nSPS) is 20.1. The SMILES string of the molecule is C[C@@H](Sc1ccccc1Cl)C(=O)N[C@@H]1CC(=O)N(C)C1. The Labute approximate surface area is 127 Å². The molecular formula is C14H17ClN2O2S. The molecule has 2 amide bonds. The monoisotopic (exact) mass is 312 g/mol. The summed E-state index contributed by atoms with van der Waals surface area (Å²) in [6, 6.07) is 7.36. The predicted molar refractivity (Wildman–Crippen MR) is 81.0 cm³/mol. The van der Waals surface area contributed by atoms with Crippen LogP contribution in [-0.2, 0) is 9.59 Å². The molecule has 1 aromatic rings. The Kier molecular flexibility index (Phi) is 4.94. The zero-order chi connectivity index (χ0) is 14.7. The van der Waals surface area contributed by atoms with Gasteiger partial charge in [0.05, 0.1) is 16.3 Å². The van der Waals surface area contributed by atoms with E-state index in [1.165, 1.54) is 11.8 Å². The number of nitrogens with one attached hydrogen (secondary N) is 1. The van der Waals surface area contributed by atoms with Gasteiger partial charge in [-0.15, -0.1) is 11.8 Å². The molecule has 1 N–H and O–H groups in total. The third-order valence-corrected chi connectivity index (χ3v) is 4.82. The molecule has 1 aliphatic rings. The van der Waals surface area contributed by atoms with Crippen LogP contribution in [0.1, 0.15) is 13.3 Å². The summed E-state index contributed by atoms with van der Waals surface area (Å²) in [6.45, 7) is 2.41. The van der Waals surface area contributed by atoms with Crippen molar-refractivity contribution in [3.63, 3.8) is 0 Å². The topological polar surface area (TPSA) is 49.4 Å². The fourth-order valence-corrected chi connectivity index (χ4v) is 3.23. The van der Waals surface area contributed by atoms with E-state index < -0.39 is 0 Å². The van der Waals surface area contributed by atoms with Crippen LogP contribution in [0.15, 0.2) is 29.2 Å². The Morgan fingerprint density at radius 3 is 2.80 bits per heavy atom. The first-order valence-electron chi connectivity index (χ1n) is 6.43. The van der Waals surface area contributed by atoms with Crippen LogP contribution in [0, 0.1) is 0 Å². The maximum Gasteiger partial charge on any atom is 0.233 e. The summed E-state index contributed by atoms with van der Waals surface area (Å²) >= 11 is 7.50. The highest BCUT2D eigenvalue weighted by Gasteiger charge is 2.29. The number of carbonyl (C=O) groups excluding carboxylic acids is 2. The lowest BCUT2D eigenvalue weighted by atomic mass is 10.2. The average Bonchev–Trinajstić information content (AvgIpc) is 2.71. The minimum absolute atomic E-state index is 0.0666. The highest BCUT2D eigenvalue weighted by molar-refractivity contribution is 8.00. The first kappa shape index (κ1) is 15.2. The number of likely N-dealkylation sites (N-methyl/N-ethyl adjacent to an activating group) is 1. The molecule has 1 saturated heterocycles. The fraction of sp³-hybridized carbons (Fsp3) is 0.429. The lowest BCUT2D eigenvalue weighted by molar-refractivity contribution is -0.126. The molecule has 0 unspecified atom stereocenters. The molecule has 0 saturated carbocycles. The number of carbonyl (C=O) groups is 2. The van der Waals surface area contributed by atoms with Crippen LogP contribution in [-0.4, -0.2) is 41.6 Å². The van der Waals surface area contributed by atoms with Crippen molar-refractivity contribution in [2.75, 3.05) is 13.6 Å². The lowest BCUT2D eigenvalue weighted by Gasteiger charge is -2.16.